The van der Waals surface area contributed by atoms with Gasteiger partial charge in [0.1, 0.15) is 4.90 Å². The minimum absolute atomic E-state index is 0.0146. The summed E-state index contributed by atoms with van der Waals surface area (Å²) in [5, 5.41) is 3.51. The number of anilines is 2. The quantitative estimate of drug-likeness (QED) is 0.169. The van der Waals surface area contributed by atoms with E-state index in [0.29, 0.717) is 12.2 Å². The number of para-hydroxylation sites is 1. The highest BCUT2D eigenvalue weighted by Gasteiger charge is 2.33. The van der Waals surface area contributed by atoms with Crippen LogP contribution in [0, 0.1) is 0 Å². The van der Waals surface area contributed by atoms with Gasteiger partial charge in [-0.15, -0.1) is 0 Å². The van der Waals surface area contributed by atoms with Crippen LogP contribution in [0.5, 0.6) is 0 Å². The van der Waals surface area contributed by atoms with E-state index < -0.39 is 10.1 Å². The van der Waals surface area contributed by atoms with Gasteiger partial charge in [-0.2, -0.15) is 8.42 Å². The standard InChI is InChI=1S/C29H44N2O3S/c1-2-3-4-5-6-7-8-9-10-11-12-13-17-23-28-30-26-21-18-22-27(35(32,33)34)29(26)31(28)24-25-19-15-14-16-20-25/h14-16,18-22,28,30H,2-13,17,23-24H2,1H3,(H,32,33,34). The molecule has 5 nitrogen and oxygen atoms in total. The Labute approximate surface area is 213 Å². The molecule has 1 aliphatic rings. The molecule has 0 saturated carbocycles. The molecule has 0 saturated heterocycles. The van der Waals surface area contributed by atoms with E-state index in [1.807, 2.05) is 24.3 Å². The zero-order valence-corrected chi connectivity index (χ0v) is 22.2. The van der Waals surface area contributed by atoms with Crippen LogP contribution in [0.25, 0.3) is 0 Å². The van der Waals surface area contributed by atoms with Crippen LogP contribution in [0.1, 0.15) is 102 Å². The van der Waals surface area contributed by atoms with E-state index in [0.717, 1.165) is 24.1 Å². The molecule has 2 aromatic carbocycles. The van der Waals surface area contributed by atoms with Gasteiger partial charge in [0.05, 0.1) is 17.5 Å². The predicted molar refractivity (Wildman–Crippen MR) is 147 cm³/mol. The number of nitrogens with zero attached hydrogens (tertiary/aromatic N) is 1. The van der Waals surface area contributed by atoms with Crippen LogP contribution in [-0.4, -0.2) is 19.1 Å². The minimum Gasteiger partial charge on any atom is -0.363 e. The van der Waals surface area contributed by atoms with Gasteiger partial charge in [-0.25, -0.2) is 0 Å². The van der Waals surface area contributed by atoms with Crippen molar-refractivity contribution in [1.82, 2.24) is 0 Å². The van der Waals surface area contributed by atoms with E-state index in [1.54, 1.807) is 6.07 Å². The van der Waals surface area contributed by atoms with Crippen LogP contribution in [-0.2, 0) is 16.7 Å². The Kier molecular flexibility index (Phi) is 11.4. The van der Waals surface area contributed by atoms with Gasteiger partial charge >= 0.3 is 0 Å². The second-order valence-electron chi connectivity index (χ2n) is 9.93. The number of unbranched alkanes of at least 4 members (excludes halogenated alkanes) is 12. The third-order valence-electron chi connectivity index (χ3n) is 7.04. The third-order valence-corrected chi connectivity index (χ3v) is 7.92. The minimum atomic E-state index is -4.31. The van der Waals surface area contributed by atoms with Crippen molar-refractivity contribution in [3.63, 3.8) is 0 Å². The zero-order chi connectivity index (χ0) is 24.9. The molecule has 0 fully saturated rings. The molecular weight excluding hydrogens is 456 g/mol. The van der Waals surface area contributed by atoms with Crippen molar-refractivity contribution in [1.29, 1.82) is 0 Å². The molecule has 2 aromatic rings. The molecule has 0 spiro atoms. The number of fused-ring (bicyclic) bond motifs is 1. The Morgan fingerprint density at radius 3 is 1.91 bits per heavy atom. The lowest BCUT2D eigenvalue weighted by Crippen LogP contribution is -2.35. The van der Waals surface area contributed by atoms with Crippen LogP contribution < -0.4 is 10.2 Å². The van der Waals surface area contributed by atoms with Gasteiger partial charge in [-0.05, 0) is 30.5 Å². The summed E-state index contributed by atoms with van der Waals surface area (Å²) in [6.07, 6.45) is 18.1. The van der Waals surface area contributed by atoms with Crippen LogP contribution >= 0.6 is 0 Å². The Morgan fingerprint density at radius 2 is 1.34 bits per heavy atom. The van der Waals surface area contributed by atoms with Gasteiger partial charge in [0, 0.05) is 6.54 Å². The van der Waals surface area contributed by atoms with Crippen molar-refractivity contribution >= 4 is 21.5 Å². The van der Waals surface area contributed by atoms with Gasteiger partial charge in [0.25, 0.3) is 10.1 Å². The molecule has 0 bridgehead atoms. The first kappa shape index (κ1) is 27.5. The monoisotopic (exact) mass is 500 g/mol. The van der Waals surface area contributed by atoms with Crippen molar-refractivity contribution in [3.05, 3.63) is 54.1 Å². The maximum absolute atomic E-state index is 12.1. The molecule has 1 atom stereocenters. The fourth-order valence-electron chi connectivity index (χ4n) is 5.11. The number of benzene rings is 2. The van der Waals surface area contributed by atoms with Gasteiger partial charge in [-0.1, -0.05) is 120 Å². The normalized spacial score (nSPS) is 15.3. The highest BCUT2D eigenvalue weighted by molar-refractivity contribution is 7.86. The van der Waals surface area contributed by atoms with Gasteiger partial charge in [-0.3, -0.25) is 4.55 Å². The maximum Gasteiger partial charge on any atom is 0.296 e. The predicted octanol–water partition coefficient (Wildman–Crippen LogP) is 8.17. The van der Waals surface area contributed by atoms with Gasteiger partial charge in [0.2, 0.25) is 0 Å². The lowest BCUT2D eigenvalue weighted by molar-refractivity contribution is 0.482. The molecular formula is C29H44N2O3S. The molecule has 194 valence electrons. The lowest BCUT2D eigenvalue weighted by Gasteiger charge is -2.28. The molecule has 6 heteroatoms. The topological polar surface area (TPSA) is 69.6 Å². The highest BCUT2D eigenvalue weighted by Crippen LogP contribution is 2.42. The number of nitrogens with one attached hydrogen (secondary N) is 1. The second-order valence-corrected chi connectivity index (χ2v) is 11.3. The first-order valence-corrected chi connectivity index (χ1v) is 15.1. The Morgan fingerprint density at radius 1 is 0.771 bits per heavy atom. The lowest BCUT2D eigenvalue weighted by atomic mass is 10.0. The molecule has 0 aliphatic carbocycles. The molecule has 35 heavy (non-hydrogen) atoms. The number of hydrogen-bond donors (Lipinski definition) is 2. The van der Waals surface area contributed by atoms with Crippen molar-refractivity contribution in [3.8, 4) is 0 Å². The molecule has 2 N–H and O–H groups in total. The number of hydrogen-bond acceptors (Lipinski definition) is 4. The molecule has 0 radical (unpaired) electrons. The largest absolute Gasteiger partial charge is 0.363 e. The summed E-state index contributed by atoms with van der Waals surface area (Å²) < 4.78 is 34.0. The summed E-state index contributed by atoms with van der Waals surface area (Å²) in [5.74, 6) is 0. The smallest absolute Gasteiger partial charge is 0.296 e. The molecule has 1 aliphatic heterocycles. The summed E-state index contributed by atoms with van der Waals surface area (Å²) in [4.78, 5) is 2.08. The summed E-state index contributed by atoms with van der Waals surface area (Å²) in [6.45, 7) is 2.86. The average Bonchev–Trinajstić information content (AvgIpc) is 3.19. The fraction of sp³-hybridized carbons (Fsp3) is 0.586. The second kappa shape index (κ2) is 14.5. The average molecular weight is 501 g/mol. The van der Waals surface area contributed by atoms with Crippen molar-refractivity contribution < 1.29 is 13.0 Å². The first-order chi connectivity index (χ1) is 17.0. The van der Waals surface area contributed by atoms with Crippen molar-refractivity contribution in [2.24, 2.45) is 0 Å². The Bertz CT molecular complexity index is 979. The Hall–Kier alpha value is -2.05. The van der Waals surface area contributed by atoms with Crippen molar-refractivity contribution in [2.45, 2.75) is 114 Å². The zero-order valence-electron chi connectivity index (χ0n) is 21.4. The fourth-order valence-corrected chi connectivity index (χ4v) is 5.83. The van der Waals surface area contributed by atoms with Gasteiger partial charge in [0.15, 0.2) is 0 Å². The summed E-state index contributed by atoms with van der Waals surface area (Å²) >= 11 is 0. The summed E-state index contributed by atoms with van der Waals surface area (Å²) in [5.41, 5.74) is 2.47. The summed E-state index contributed by atoms with van der Waals surface area (Å²) in [7, 11) is -4.31. The molecule has 0 amide bonds. The van der Waals surface area contributed by atoms with E-state index in [9.17, 15) is 13.0 Å². The van der Waals surface area contributed by atoms with Crippen molar-refractivity contribution in [2.75, 3.05) is 10.2 Å². The first-order valence-electron chi connectivity index (χ1n) is 13.7. The van der Waals surface area contributed by atoms with Crippen LogP contribution in [0.15, 0.2) is 53.4 Å². The maximum atomic E-state index is 12.1. The van der Waals surface area contributed by atoms with Crippen LogP contribution in [0.3, 0.4) is 0 Å². The van der Waals surface area contributed by atoms with E-state index in [4.69, 9.17) is 0 Å². The molecule has 3 rings (SSSR count). The van der Waals surface area contributed by atoms with E-state index >= 15 is 0 Å². The SMILES string of the molecule is CCCCCCCCCCCCCCCC1Nc2cccc(S(=O)(=O)O)c2N1Cc1ccccc1. The van der Waals surface area contributed by atoms with Gasteiger partial charge < -0.3 is 10.2 Å². The van der Waals surface area contributed by atoms with Crippen LogP contribution in [0.4, 0.5) is 11.4 Å². The van der Waals surface area contributed by atoms with Crippen LogP contribution in [0.2, 0.25) is 0 Å². The third kappa shape index (κ3) is 8.84. The molecule has 1 unspecified atom stereocenters. The highest BCUT2D eigenvalue weighted by atomic mass is 32.2. The molecule has 0 aromatic heterocycles. The van der Waals surface area contributed by atoms with E-state index in [-0.39, 0.29) is 11.1 Å². The number of rotatable bonds is 17. The molecule has 1 heterocycles. The summed E-state index contributed by atoms with van der Waals surface area (Å²) in [6, 6.07) is 15.1. The van der Waals surface area contributed by atoms with E-state index in [1.165, 1.54) is 83.1 Å². The Balaban J connectivity index is 1.44. The van der Waals surface area contributed by atoms with E-state index in [2.05, 4.69) is 29.3 Å².